The Hall–Kier alpha value is -3.55. The van der Waals surface area contributed by atoms with Crippen molar-refractivity contribution in [3.8, 4) is 0 Å². The molecule has 5 nitrogen and oxygen atoms in total. The summed E-state index contributed by atoms with van der Waals surface area (Å²) in [5.41, 5.74) is 3.07. The fourth-order valence-electron chi connectivity index (χ4n) is 5.64. The summed E-state index contributed by atoms with van der Waals surface area (Å²) in [6.07, 6.45) is 5.87. The number of rotatable bonds is 5. The number of nitrogens with zero attached hydrogens (tertiary/aromatic N) is 4. The van der Waals surface area contributed by atoms with Crippen LogP contribution < -0.4 is 5.56 Å². The zero-order valence-electron chi connectivity index (χ0n) is 21.1. The molecule has 1 fully saturated rings. The van der Waals surface area contributed by atoms with Crippen molar-refractivity contribution in [1.82, 2.24) is 19.5 Å². The second-order valence-electron chi connectivity index (χ2n) is 10.1. The maximum absolute atomic E-state index is 14.5. The fraction of sp³-hybridized carbons (Fsp3) is 0.379. The molecular weight excluding hydrogens is 477 g/mol. The van der Waals surface area contributed by atoms with Crippen LogP contribution in [0.5, 0.6) is 0 Å². The lowest BCUT2D eigenvalue weighted by Crippen LogP contribution is -2.29. The maximum atomic E-state index is 14.5. The summed E-state index contributed by atoms with van der Waals surface area (Å²) in [7, 11) is 0. The number of hydrogen-bond donors (Lipinski definition) is 0. The smallest absolute Gasteiger partial charge is 0.272 e. The standard InChI is InChI=1S/C29H29F3N4O/c1-17-12-14-34-26(30)25(17)20-10-8-19(9-11-20)22-15-21-7-6-18(2)35-27(21)36(28(22)37)16-24-23(29(3,31)32)5-4-13-33-24/h4-7,12-15,19-20H,8-11,16H2,1-3H3. The first-order chi connectivity index (χ1) is 17.6. The molecule has 4 heterocycles. The average Bonchev–Trinajstić information content (AvgIpc) is 2.86. The van der Waals surface area contributed by atoms with E-state index in [1.54, 1.807) is 0 Å². The predicted octanol–water partition coefficient (Wildman–Crippen LogP) is 6.54. The lowest BCUT2D eigenvalue weighted by atomic mass is 9.75. The summed E-state index contributed by atoms with van der Waals surface area (Å²) in [6.45, 7) is 4.46. The van der Waals surface area contributed by atoms with Crippen LogP contribution in [0, 0.1) is 19.8 Å². The third-order valence-electron chi connectivity index (χ3n) is 7.51. The molecule has 5 rings (SSSR count). The highest BCUT2D eigenvalue weighted by molar-refractivity contribution is 5.76. The van der Waals surface area contributed by atoms with Crippen LogP contribution in [0.25, 0.3) is 11.0 Å². The Morgan fingerprint density at radius 3 is 2.43 bits per heavy atom. The van der Waals surface area contributed by atoms with Crippen molar-refractivity contribution in [3.63, 3.8) is 0 Å². The van der Waals surface area contributed by atoms with Gasteiger partial charge in [0.15, 0.2) is 0 Å². The molecule has 0 unspecified atom stereocenters. The topological polar surface area (TPSA) is 60.7 Å². The fourth-order valence-corrected chi connectivity index (χ4v) is 5.64. The van der Waals surface area contributed by atoms with Crippen molar-refractivity contribution >= 4 is 11.0 Å². The molecule has 0 saturated heterocycles. The zero-order chi connectivity index (χ0) is 26.3. The van der Waals surface area contributed by atoms with E-state index in [0.717, 1.165) is 49.3 Å². The predicted molar refractivity (Wildman–Crippen MR) is 137 cm³/mol. The summed E-state index contributed by atoms with van der Waals surface area (Å²) in [5.74, 6) is -3.48. The van der Waals surface area contributed by atoms with Crippen LogP contribution in [0.2, 0.25) is 0 Å². The molecule has 0 spiro atoms. The SMILES string of the molecule is Cc1ccc2cc(C3CCC(c4c(C)ccnc4F)CC3)c(=O)n(Cc3ncccc3C(C)(F)F)c2n1. The Morgan fingerprint density at radius 2 is 1.73 bits per heavy atom. The van der Waals surface area contributed by atoms with E-state index in [1.807, 2.05) is 38.1 Å². The summed E-state index contributed by atoms with van der Waals surface area (Å²) in [6, 6.07) is 10.3. The van der Waals surface area contributed by atoms with E-state index in [1.165, 1.54) is 29.1 Å². The highest BCUT2D eigenvalue weighted by atomic mass is 19.3. The lowest BCUT2D eigenvalue weighted by molar-refractivity contribution is 0.0160. The van der Waals surface area contributed by atoms with Crippen molar-refractivity contribution in [2.75, 3.05) is 0 Å². The van der Waals surface area contributed by atoms with Gasteiger partial charge in [0.05, 0.1) is 12.2 Å². The lowest BCUT2D eigenvalue weighted by Gasteiger charge is -2.30. The van der Waals surface area contributed by atoms with Crippen molar-refractivity contribution < 1.29 is 13.2 Å². The second kappa shape index (κ2) is 9.72. The molecule has 37 heavy (non-hydrogen) atoms. The Bertz CT molecular complexity index is 1500. The number of halogens is 3. The zero-order valence-corrected chi connectivity index (χ0v) is 21.1. The van der Waals surface area contributed by atoms with E-state index in [0.29, 0.717) is 16.8 Å². The number of aryl methyl sites for hydroxylation is 2. The van der Waals surface area contributed by atoms with Gasteiger partial charge in [-0.1, -0.05) is 0 Å². The van der Waals surface area contributed by atoms with Crippen LogP contribution in [0.3, 0.4) is 0 Å². The molecule has 0 aromatic carbocycles. The quantitative estimate of drug-likeness (QED) is 0.288. The first kappa shape index (κ1) is 25.1. The Labute approximate surface area is 213 Å². The van der Waals surface area contributed by atoms with Crippen molar-refractivity contribution in [3.05, 3.63) is 98.7 Å². The van der Waals surface area contributed by atoms with E-state index in [9.17, 15) is 18.0 Å². The van der Waals surface area contributed by atoms with Gasteiger partial charge in [0.2, 0.25) is 5.95 Å². The third-order valence-corrected chi connectivity index (χ3v) is 7.51. The molecule has 0 N–H and O–H groups in total. The van der Waals surface area contributed by atoms with Gasteiger partial charge in [-0.05, 0) is 93.3 Å². The van der Waals surface area contributed by atoms with E-state index < -0.39 is 11.9 Å². The minimum atomic E-state index is -3.10. The maximum Gasteiger partial charge on any atom is 0.272 e. The second-order valence-corrected chi connectivity index (χ2v) is 10.1. The van der Waals surface area contributed by atoms with Gasteiger partial charge in [-0.2, -0.15) is 4.39 Å². The molecule has 0 amide bonds. The molecule has 0 bridgehead atoms. The van der Waals surface area contributed by atoms with Crippen LogP contribution in [0.4, 0.5) is 13.2 Å². The molecule has 4 aromatic heterocycles. The monoisotopic (exact) mass is 506 g/mol. The summed E-state index contributed by atoms with van der Waals surface area (Å²) in [5, 5.41) is 0.775. The van der Waals surface area contributed by atoms with E-state index in [4.69, 9.17) is 0 Å². The minimum absolute atomic E-state index is 0.0171. The van der Waals surface area contributed by atoms with E-state index in [2.05, 4.69) is 15.0 Å². The first-order valence-corrected chi connectivity index (χ1v) is 12.6. The molecular formula is C29H29F3N4O. The van der Waals surface area contributed by atoms with E-state index >= 15 is 0 Å². The van der Waals surface area contributed by atoms with Crippen molar-refractivity contribution in [1.29, 1.82) is 0 Å². The highest BCUT2D eigenvalue weighted by Crippen LogP contribution is 2.41. The average molecular weight is 507 g/mol. The van der Waals surface area contributed by atoms with Gasteiger partial charge in [-0.15, -0.1) is 0 Å². The van der Waals surface area contributed by atoms with Crippen LogP contribution >= 0.6 is 0 Å². The number of aromatic nitrogens is 4. The molecule has 192 valence electrons. The number of alkyl halides is 2. The van der Waals surface area contributed by atoms with E-state index in [-0.39, 0.29) is 35.2 Å². The highest BCUT2D eigenvalue weighted by Gasteiger charge is 2.31. The normalized spacial score (nSPS) is 18.3. The number of fused-ring (bicyclic) bond motifs is 1. The molecule has 1 aliphatic rings. The first-order valence-electron chi connectivity index (χ1n) is 12.6. The molecule has 1 saturated carbocycles. The molecule has 4 aromatic rings. The van der Waals surface area contributed by atoms with Crippen LogP contribution in [0.15, 0.2) is 53.6 Å². The van der Waals surface area contributed by atoms with Gasteiger partial charge in [0, 0.05) is 47.1 Å². The Balaban J connectivity index is 1.53. The minimum Gasteiger partial charge on any atom is -0.286 e. The van der Waals surface area contributed by atoms with Gasteiger partial charge in [0.25, 0.3) is 11.5 Å². The molecule has 8 heteroatoms. The molecule has 0 radical (unpaired) electrons. The number of pyridine rings is 4. The Morgan fingerprint density at radius 1 is 1.00 bits per heavy atom. The summed E-state index contributed by atoms with van der Waals surface area (Å²) >= 11 is 0. The van der Waals surface area contributed by atoms with Crippen LogP contribution in [0.1, 0.15) is 78.1 Å². The summed E-state index contributed by atoms with van der Waals surface area (Å²) < 4.78 is 44.6. The van der Waals surface area contributed by atoms with Gasteiger partial charge >= 0.3 is 0 Å². The van der Waals surface area contributed by atoms with Gasteiger partial charge < -0.3 is 0 Å². The summed E-state index contributed by atoms with van der Waals surface area (Å²) in [4.78, 5) is 26.5. The van der Waals surface area contributed by atoms with Gasteiger partial charge in [0.1, 0.15) is 5.65 Å². The van der Waals surface area contributed by atoms with Gasteiger partial charge in [-0.25, -0.2) is 18.7 Å². The van der Waals surface area contributed by atoms with Crippen LogP contribution in [-0.2, 0) is 12.5 Å². The molecule has 1 aliphatic carbocycles. The molecule has 0 atom stereocenters. The largest absolute Gasteiger partial charge is 0.286 e. The van der Waals surface area contributed by atoms with Crippen molar-refractivity contribution in [2.45, 2.75) is 70.8 Å². The van der Waals surface area contributed by atoms with Crippen molar-refractivity contribution in [2.24, 2.45) is 0 Å². The van der Waals surface area contributed by atoms with Crippen LogP contribution in [-0.4, -0.2) is 19.5 Å². The third kappa shape index (κ3) is 4.89. The van der Waals surface area contributed by atoms with Gasteiger partial charge in [-0.3, -0.25) is 14.3 Å². The number of hydrogen-bond acceptors (Lipinski definition) is 4. The Kier molecular flexibility index (Phi) is 6.60. The molecule has 0 aliphatic heterocycles.